The molecule has 1 aliphatic heterocycles. The molecule has 3 aromatic rings. The molecule has 172 valence electrons. The van der Waals surface area contributed by atoms with Crippen molar-refractivity contribution in [2.24, 2.45) is 0 Å². The molecule has 0 bridgehead atoms. The molecule has 1 aliphatic carbocycles. The number of carbonyl (C=O) groups is 2. The van der Waals surface area contributed by atoms with Crippen LogP contribution in [0.4, 0.5) is 5.69 Å². The topological polar surface area (TPSA) is 80.4 Å². The van der Waals surface area contributed by atoms with Crippen molar-refractivity contribution in [3.05, 3.63) is 59.5 Å². The number of aryl methyl sites for hydroxylation is 2. The number of anilines is 1. The van der Waals surface area contributed by atoms with E-state index in [0.717, 1.165) is 42.5 Å². The molecule has 1 atom stereocenters. The van der Waals surface area contributed by atoms with Gasteiger partial charge in [0, 0.05) is 17.8 Å². The molecule has 1 fully saturated rings. The number of carbonyl (C=O) groups excluding carboxylic acids is 2. The van der Waals surface area contributed by atoms with Crippen LogP contribution in [-0.4, -0.2) is 33.2 Å². The van der Waals surface area contributed by atoms with E-state index < -0.39 is 5.54 Å². The number of aromatic nitrogens is 2. The van der Waals surface area contributed by atoms with E-state index in [4.69, 9.17) is 4.42 Å². The fourth-order valence-corrected chi connectivity index (χ4v) is 5.20. The summed E-state index contributed by atoms with van der Waals surface area (Å²) < 4.78 is 7.15. The van der Waals surface area contributed by atoms with Crippen molar-refractivity contribution in [3.63, 3.8) is 0 Å². The minimum Gasteiger partial charge on any atom is -0.463 e. The number of benzene rings is 1. The summed E-state index contributed by atoms with van der Waals surface area (Å²) in [5.41, 5.74) is 2.73. The van der Waals surface area contributed by atoms with Gasteiger partial charge in [0.15, 0.2) is 5.76 Å². The highest BCUT2D eigenvalue weighted by molar-refractivity contribution is 6.12. The number of hydrogen-bond acceptors (Lipinski definition) is 4. The second kappa shape index (κ2) is 8.21. The third-order valence-corrected chi connectivity index (χ3v) is 6.82. The number of nitrogens with zero attached hydrogens (tertiary/aromatic N) is 3. The largest absolute Gasteiger partial charge is 0.463 e. The zero-order chi connectivity index (χ0) is 23.2. The Labute approximate surface area is 193 Å². The summed E-state index contributed by atoms with van der Waals surface area (Å²) in [6.45, 7) is 6.12. The number of hydrogen-bond donors (Lipinski definition) is 1. The van der Waals surface area contributed by atoms with Crippen LogP contribution in [0.5, 0.6) is 0 Å². The van der Waals surface area contributed by atoms with Gasteiger partial charge in [0.05, 0.1) is 12.8 Å². The molecule has 7 nitrogen and oxygen atoms in total. The van der Waals surface area contributed by atoms with Crippen molar-refractivity contribution in [2.75, 3.05) is 4.90 Å². The van der Waals surface area contributed by atoms with Gasteiger partial charge in [0.1, 0.15) is 16.9 Å². The van der Waals surface area contributed by atoms with E-state index in [1.54, 1.807) is 28.0 Å². The highest BCUT2D eigenvalue weighted by atomic mass is 16.3. The van der Waals surface area contributed by atoms with Crippen molar-refractivity contribution in [1.29, 1.82) is 0 Å². The van der Waals surface area contributed by atoms with E-state index in [1.165, 1.54) is 6.42 Å². The Morgan fingerprint density at radius 1 is 1.12 bits per heavy atom. The molecule has 0 radical (unpaired) electrons. The monoisotopic (exact) mass is 446 g/mol. The molecule has 2 amide bonds. The van der Waals surface area contributed by atoms with Gasteiger partial charge in [0.25, 0.3) is 5.91 Å². The lowest BCUT2D eigenvalue weighted by Crippen LogP contribution is -2.65. The van der Waals surface area contributed by atoms with Gasteiger partial charge in [-0.25, -0.2) is 0 Å². The predicted molar refractivity (Wildman–Crippen MR) is 126 cm³/mol. The lowest BCUT2D eigenvalue weighted by Gasteiger charge is -2.44. The molecule has 33 heavy (non-hydrogen) atoms. The average molecular weight is 447 g/mol. The number of rotatable bonds is 4. The number of nitrogens with one attached hydrogen (secondary N) is 1. The van der Waals surface area contributed by atoms with Crippen LogP contribution in [0.15, 0.2) is 47.1 Å². The van der Waals surface area contributed by atoms with E-state index >= 15 is 0 Å². The van der Waals surface area contributed by atoms with Gasteiger partial charge >= 0.3 is 0 Å². The molecular formula is C26H30N4O3. The molecule has 0 saturated heterocycles. The predicted octanol–water partition coefficient (Wildman–Crippen LogP) is 4.63. The molecule has 0 unspecified atom stereocenters. The number of fused-ring (bicyclic) bond motifs is 1. The van der Waals surface area contributed by atoms with Gasteiger partial charge in [0.2, 0.25) is 5.91 Å². The summed E-state index contributed by atoms with van der Waals surface area (Å²) in [7, 11) is 0. The number of amides is 2. The summed E-state index contributed by atoms with van der Waals surface area (Å²) in [6.07, 6.45) is 7.00. The van der Waals surface area contributed by atoms with E-state index in [1.807, 2.05) is 39.0 Å². The molecule has 2 aliphatic rings. The molecule has 1 aromatic carbocycles. The minimum atomic E-state index is -1.12. The van der Waals surface area contributed by atoms with E-state index in [-0.39, 0.29) is 24.4 Å². The molecule has 2 aromatic heterocycles. The van der Waals surface area contributed by atoms with Gasteiger partial charge in [-0.05, 0) is 69.0 Å². The molecule has 1 saturated carbocycles. The second-order valence-electron chi connectivity index (χ2n) is 9.62. The van der Waals surface area contributed by atoms with E-state index in [2.05, 4.69) is 16.5 Å². The zero-order valence-electron chi connectivity index (χ0n) is 19.4. The van der Waals surface area contributed by atoms with Gasteiger partial charge in [-0.1, -0.05) is 25.3 Å². The Balaban J connectivity index is 1.58. The summed E-state index contributed by atoms with van der Waals surface area (Å²) in [6, 6.07) is 11.5. The highest BCUT2D eigenvalue weighted by Gasteiger charge is 2.49. The van der Waals surface area contributed by atoms with Crippen LogP contribution in [0.25, 0.3) is 11.5 Å². The third-order valence-electron chi connectivity index (χ3n) is 6.82. The first-order chi connectivity index (χ1) is 15.8. The van der Waals surface area contributed by atoms with Crippen LogP contribution < -0.4 is 10.2 Å². The normalized spacial score (nSPS) is 21.2. The maximum Gasteiger partial charge on any atom is 0.277 e. The van der Waals surface area contributed by atoms with Crippen LogP contribution >= 0.6 is 0 Å². The molecule has 0 spiro atoms. The minimum absolute atomic E-state index is 0.136. The quantitative estimate of drug-likeness (QED) is 0.634. The standard InChI is InChI=1S/C26H30N4O3/c1-17-12-18(2)14-20(13-17)30-24(31)22-15-21(23-10-7-11-33-23)28-29(22)16-26(30,3)25(32)27-19-8-5-4-6-9-19/h7,10-15,19H,4-6,8-9,16H2,1-3H3,(H,27,32)/t26-/m1/s1. The van der Waals surface area contributed by atoms with Gasteiger partial charge < -0.3 is 9.73 Å². The Bertz CT molecular complexity index is 1170. The number of furan rings is 1. The van der Waals surface area contributed by atoms with Crippen molar-refractivity contribution < 1.29 is 14.0 Å². The second-order valence-corrected chi connectivity index (χ2v) is 9.62. The molecule has 5 rings (SSSR count). The van der Waals surface area contributed by atoms with Crippen molar-refractivity contribution in [2.45, 2.75) is 71.0 Å². The van der Waals surface area contributed by atoms with Crippen LogP contribution in [0.2, 0.25) is 0 Å². The van der Waals surface area contributed by atoms with Crippen molar-refractivity contribution in [3.8, 4) is 11.5 Å². The maximum atomic E-state index is 13.9. The molecule has 3 heterocycles. The maximum absolute atomic E-state index is 13.9. The Morgan fingerprint density at radius 2 is 1.85 bits per heavy atom. The van der Waals surface area contributed by atoms with Crippen LogP contribution in [-0.2, 0) is 11.3 Å². The van der Waals surface area contributed by atoms with Gasteiger partial charge in [-0.3, -0.25) is 19.2 Å². The Kier molecular flexibility index (Phi) is 5.35. The fraction of sp³-hybridized carbons (Fsp3) is 0.423. The lowest BCUT2D eigenvalue weighted by molar-refractivity contribution is -0.127. The smallest absolute Gasteiger partial charge is 0.277 e. The summed E-state index contributed by atoms with van der Waals surface area (Å²) in [4.78, 5) is 29.3. The third kappa shape index (κ3) is 3.86. The zero-order valence-corrected chi connectivity index (χ0v) is 19.4. The fourth-order valence-electron chi connectivity index (χ4n) is 5.20. The van der Waals surface area contributed by atoms with Gasteiger partial charge in [-0.15, -0.1) is 0 Å². The highest BCUT2D eigenvalue weighted by Crippen LogP contribution is 2.35. The Morgan fingerprint density at radius 3 is 2.52 bits per heavy atom. The first-order valence-electron chi connectivity index (χ1n) is 11.7. The van der Waals surface area contributed by atoms with Crippen LogP contribution in [0, 0.1) is 13.8 Å². The first-order valence-corrected chi connectivity index (χ1v) is 11.7. The molecular weight excluding hydrogens is 416 g/mol. The lowest BCUT2D eigenvalue weighted by atomic mass is 9.90. The van der Waals surface area contributed by atoms with Crippen molar-refractivity contribution in [1.82, 2.24) is 15.1 Å². The summed E-state index contributed by atoms with van der Waals surface area (Å²) >= 11 is 0. The SMILES string of the molecule is Cc1cc(C)cc(N2C(=O)c3cc(-c4ccco4)nn3C[C@]2(C)C(=O)NC2CCCCC2)c1. The summed E-state index contributed by atoms with van der Waals surface area (Å²) in [5.74, 6) is 0.219. The molecule has 7 heteroatoms. The van der Waals surface area contributed by atoms with Crippen molar-refractivity contribution >= 4 is 17.5 Å². The van der Waals surface area contributed by atoms with Gasteiger partial charge in [-0.2, -0.15) is 5.10 Å². The van der Waals surface area contributed by atoms with E-state index in [0.29, 0.717) is 17.1 Å². The first kappa shape index (κ1) is 21.5. The summed E-state index contributed by atoms with van der Waals surface area (Å²) in [5, 5.41) is 7.88. The Hall–Kier alpha value is -3.35. The van der Waals surface area contributed by atoms with Crippen LogP contribution in [0.3, 0.4) is 0 Å². The van der Waals surface area contributed by atoms with Crippen LogP contribution in [0.1, 0.15) is 60.6 Å². The average Bonchev–Trinajstić information content (AvgIpc) is 3.43. The molecule has 1 N–H and O–H groups in total. The van der Waals surface area contributed by atoms with E-state index in [9.17, 15) is 9.59 Å².